The quantitative estimate of drug-likeness (QED) is 0.311. The van der Waals surface area contributed by atoms with E-state index in [4.69, 9.17) is 26.3 Å². The molecule has 1 fully saturated rings. The van der Waals surface area contributed by atoms with Crippen molar-refractivity contribution in [3.8, 4) is 17.6 Å². The molecule has 0 radical (unpaired) electrons. The van der Waals surface area contributed by atoms with Gasteiger partial charge in [-0.2, -0.15) is 5.26 Å². The Morgan fingerprint density at radius 1 is 1.15 bits per heavy atom. The summed E-state index contributed by atoms with van der Waals surface area (Å²) in [5.74, 6) is 0.535. The minimum absolute atomic E-state index is 0.276. The average molecular weight is 556 g/mol. The van der Waals surface area contributed by atoms with Gasteiger partial charge < -0.3 is 9.47 Å². The van der Waals surface area contributed by atoms with Crippen molar-refractivity contribution < 1.29 is 19.1 Å². The first kappa shape index (κ1) is 23.9. The number of rotatable bonds is 6. The molecule has 2 amide bonds. The molecular formula is C25H16BrClN2O4S. The van der Waals surface area contributed by atoms with Crippen LogP contribution in [0.15, 0.2) is 70.0 Å². The molecule has 0 bridgehead atoms. The number of hydrogen-bond donors (Lipinski definition) is 0. The van der Waals surface area contributed by atoms with E-state index in [1.54, 1.807) is 54.6 Å². The summed E-state index contributed by atoms with van der Waals surface area (Å²) in [6.07, 6.45) is 1.63. The molecule has 0 spiro atoms. The molecule has 1 aliphatic heterocycles. The number of halogens is 2. The third-order valence-corrected chi connectivity index (χ3v) is 6.57. The number of benzene rings is 3. The Balaban J connectivity index is 1.56. The summed E-state index contributed by atoms with van der Waals surface area (Å²) < 4.78 is 12.1. The second-order valence-corrected chi connectivity index (χ2v) is 9.41. The van der Waals surface area contributed by atoms with Crippen LogP contribution in [-0.2, 0) is 11.4 Å². The number of imide groups is 1. The molecule has 6 nitrogen and oxygen atoms in total. The topological polar surface area (TPSA) is 79.6 Å². The molecule has 1 heterocycles. The normalized spacial score (nSPS) is 14.4. The Morgan fingerprint density at radius 3 is 2.59 bits per heavy atom. The van der Waals surface area contributed by atoms with Crippen molar-refractivity contribution in [3.63, 3.8) is 0 Å². The smallest absolute Gasteiger partial charge is 0.298 e. The number of carbonyl (C=O) groups excluding carboxylic acids is 2. The molecule has 0 aliphatic carbocycles. The summed E-state index contributed by atoms with van der Waals surface area (Å²) in [5.41, 5.74) is 2.55. The zero-order valence-electron chi connectivity index (χ0n) is 17.7. The van der Waals surface area contributed by atoms with Gasteiger partial charge in [0, 0.05) is 5.02 Å². The van der Waals surface area contributed by atoms with E-state index >= 15 is 0 Å². The lowest BCUT2D eigenvalue weighted by Crippen LogP contribution is -2.27. The highest BCUT2D eigenvalue weighted by atomic mass is 79.9. The fraction of sp³-hybridized carbons (Fsp3) is 0.0800. The summed E-state index contributed by atoms with van der Waals surface area (Å²) in [5, 5.41) is 8.97. The number of amides is 2. The molecule has 3 aromatic rings. The molecule has 0 N–H and O–H groups in total. The van der Waals surface area contributed by atoms with Gasteiger partial charge in [0.25, 0.3) is 11.1 Å². The van der Waals surface area contributed by atoms with Crippen molar-refractivity contribution in [2.45, 2.75) is 6.61 Å². The first-order valence-electron chi connectivity index (χ1n) is 9.92. The number of thioether (sulfide) groups is 1. The summed E-state index contributed by atoms with van der Waals surface area (Å²) in [4.78, 5) is 26.8. The second kappa shape index (κ2) is 10.3. The van der Waals surface area contributed by atoms with Gasteiger partial charge >= 0.3 is 0 Å². The fourth-order valence-corrected chi connectivity index (χ4v) is 4.85. The van der Waals surface area contributed by atoms with Crippen LogP contribution in [0.1, 0.15) is 16.7 Å². The maximum atomic E-state index is 12.9. The van der Waals surface area contributed by atoms with Crippen molar-refractivity contribution in [1.29, 1.82) is 5.26 Å². The number of carbonyl (C=O) groups is 2. The first-order valence-corrected chi connectivity index (χ1v) is 11.9. The zero-order chi connectivity index (χ0) is 24.2. The molecule has 0 unspecified atom stereocenters. The van der Waals surface area contributed by atoms with Gasteiger partial charge in [-0.15, -0.1) is 0 Å². The highest BCUT2D eigenvalue weighted by Crippen LogP contribution is 2.40. The number of anilines is 1. The van der Waals surface area contributed by atoms with Crippen LogP contribution in [0.4, 0.5) is 10.5 Å². The molecule has 1 saturated heterocycles. The third kappa shape index (κ3) is 5.12. The Labute approximate surface area is 213 Å². The maximum absolute atomic E-state index is 12.9. The lowest BCUT2D eigenvalue weighted by Gasteiger charge is -2.14. The van der Waals surface area contributed by atoms with Gasteiger partial charge in [0.1, 0.15) is 6.61 Å². The molecule has 4 rings (SSSR count). The van der Waals surface area contributed by atoms with Crippen LogP contribution in [0.25, 0.3) is 6.08 Å². The van der Waals surface area contributed by atoms with Crippen molar-refractivity contribution in [2.24, 2.45) is 0 Å². The number of nitrogens with zero attached hydrogens (tertiary/aromatic N) is 2. The van der Waals surface area contributed by atoms with Gasteiger partial charge in [-0.05, 0) is 87.4 Å². The summed E-state index contributed by atoms with van der Waals surface area (Å²) in [6.45, 7) is 0.276. The first-order chi connectivity index (χ1) is 16.4. The molecular weight excluding hydrogens is 540 g/mol. The van der Waals surface area contributed by atoms with Gasteiger partial charge in [0.05, 0.1) is 33.8 Å². The summed E-state index contributed by atoms with van der Waals surface area (Å²) in [6, 6.07) is 19.3. The molecule has 0 atom stereocenters. The summed E-state index contributed by atoms with van der Waals surface area (Å²) >= 11 is 10.4. The largest absolute Gasteiger partial charge is 0.493 e. The van der Waals surface area contributed by atoms with Gasteiger partial charge in [0.2, 0.25) is 0 Å². The molecule has 0 aromatic heterocycles. The third-order valence-electron chi connectivity index (χ3n) is 4.88. The Kier molecular flexibility index (Phi) is 7.27. The number of hydrogen-bond acceptors (Lipinski definition) is 6. The van der Waals surface area contributed by atoms with E-state index in [2.05, 4.69) is 22.0 Å². The average Bonchev–Trinajstić information content (AvgIpc) is 3.10. The monoisotopic (exact) mass is 554 g/mol. The highest BCUT2D eigenvalue weighted by Gasteiger charge is 2.36. The van der Waals surface area contributed by atoms with E-state index in [0.717, 1.165) is 22.2 Å². The molecule has 3 aromatic carbocycles. The van der Waals surface area contributed by atoms with E-state index in [1.165, 1.54) is 7.11 Å². The second-order valence-electron chi connectivity index (χ2n) is 7.13. The van der Waals surface area contributed by atoms with Crippen LogP contribution < -0.4 is 14.4 Å². The standard InChI is InChI=1S/C25H16BrClN2O4S/c1-32-21-10-17(9-20(26)23(21)33-14-16-7-5-15(13-28)6-8-16)11-22-24(30)29(25(31)34-22)19-4-2-3-18(27)12-19/h2-12H,14H2,1H3/b22-11-. The van der Waals surface area contributed by atoms with Gasteiger partial charge in [-0.3, -0.25) is 9.59 Å². The minimum atomic E-state index is -0.423. The van der Waals surface area contributed by atoms with Crippen molar-refractivity contribution in [3.05, 3.63) is 91.8 Å². The van der Waals surface area contributed by atoms with Crippen LogP contribution in [-0.4, -0.2) is 18.3 Å². The van der Waals surface area contributed by atoms with Crippen LogP contribution in [0.2, 0.25) is 5.02 Å². The Morgan fingerprint density at radius 2 is 1.91 bits per heavy atom. The Hall–Kier alpha value is -3.25. The van der Waals surface area contributed by atoms with Gasteiger partial charge in [0.15, 0.2) is 11.5 Å². The van der Waals surface area contributed by atoms with Crippen LogP contribution in [0, 0.1) is 11.3 Å². The lowest BCUT2D eigenvalue weighted by molar-refractivity contribution is -0.113. The van der Waals surface area contributed by atoms with Gasteiger partial charge in [-0.25, -0.2) is 4.90 Å². The van der Waals surface area contributed by atoms with Crippen molar-refractivity contribution in [1.82, 2.24) is 0 Å². The van der Waals surface area contributed by atoms with Crippen molar-refractivity contribution >= 4 is 62.2 Å². The Bertz CT molecular complexity index is 1350. The van der Waals surface area contributed by atoms with E-state index in [-0.39, 0.29) is 11.5 Å². The molecule has 34 heavy (non-hydrogen) atoms. The predicted molar refractivity (Wildman–Crippen MR) is 136 cm³/mol. The number of ether oxygens (including phenoxy) is 2. The van der Waals surface area contributed by atoms with Crippen LogP contribution in [0.5, 0.6) is 11.5 Å². The maximum Gasteiger partial charge on any atom is 0.298 e. The molecule has 0 saturated carbocycles. The van der Waals surface area contributed by atoms with Gasteiger partial charge in [-0.1, -0.05) is 29.8 Å². The van der Waals surface area contributed by atoms with Crippen molar-refractivity contribution in [2.75, 3.05) is 12.0 Å². The molecule has 9 heteroatoms. The molecule has 170 valence electrons. The molecule has 1 aliphatic rings. The fourth-order valence-electron chi connectivity index (χ4n) is 3.25. The highest BCUT2D eigenvalue weighted by molar-refractivity contribution is 9.10. The summed E-state index contributed by atoms with van der Waals surface area (Å²) in [7, 11) is 1.52. The zero-order valence-corrected chi connectivity index (χ0v) is 20.9. The lowest BCUT2D eigenvalue weighted by atomic mass is 10.1. The van der Waals surface area contributed by atoms with Crippen LogP contribution >= 0.6 is 39.3 Å². The number of methoxy groups -OCH3 is 1. The minimum Gasteiger partial charge on any atom is -0.493 e. The van der Waals surface area contributed by atoms with E-state index < -0.39 is 11.1 Å². The van der Waals surface area contributed by atoms with E-state index in [9.17, 15) is 9.59 Å². The SMILES string of the molecule is COc1cc(/C=C2\SC(=O)N(c3cccc(Cl)c3)C2=O)cc(Br)c1OCc1ccc(C#N)cc1. The van der Waals surface area contributed by atoms with Crippen LogP contribution in [0.3, 0.4) is 0 Å². The predicted octanol–water partition coefficient (Wildman–Crippen LogP) is 6.80. The van der Waals surface area contributed by atoms with E-state index in [0.29, 0.717) is 37.8 Å². The van der Waals surface area contributed by atoms with E-state index in [1.807, 2.05) is 12.1 Å². The number of nitriles is 1.